The molecular formula is C8H15BrO4. The minimum Gasteiger partial charge on any atom is -0.351 e. The molecule has 0 bridgehead atoms. The highest BCUT2D eigenvalue weighted by Crippen LogP contribution is 2.35. The molecule has 5 heteroatoms. The van der Waals surface area contributed by atoms with Crippen molar-refractivity contribution in [1.82, 2.24) is 0 Å². The van der Waals surface area contributed by atoms with Crippen molar-refractivity contribution in [3.8, 4) is 0 Å². The van der Waals surface area contributed by atoms with Crippen molar-refractivity contribution in [2.24, 2.45) is 0 Å². The highest BCUT2D eigenvalue weighted by Gasteiger charge is 2.49. The van der Waals surface area contributed by atoms with Crippen molar-refractivity contribution >= 4 is 15.9 Å². The highest BCUT2D eigenvalue weighted by atomic mass is 79.9. The van der Waals surface area contributed by atoms with Crippen LogP contribution in [0.3, 0.4) is 0 Å². The third kappa shape index (κ3) is 1.89. The minimum atomic E-state index is -0.840. The summed E-state index contributed by atoms with van der Waals surface area (Å²) in [5.41, 5.74) is 0. The first-order valence-corrected chi connectivity index (χ1v) is 5.01. The van der Waals surface area contributed by atoms with Gasteiger partial charge in [0.25, 0.3) is 0 Å². The molecule has 0 aliphatic carbocycles. The Labute approximate surface area is 86.6 Å². The van der Waals surface area contributed by atoms with E-state index in [9.17, 15) is 0 Å². The molecule has 0 spiro atoms. The van der Waals surface area contributed by atoms with Crippen molar-refractivity contribution < 1.29 is 18.9 Å². The van der Waals surface area contributed by atoms with Crippen molar-refractivity contribution in [2.75, 3.05) is 27.9 Å². The van der Waals surface area contributed by atoms with Crippen LogP contribution >= 0.6 is 15.9 Å². The number of hydrogen-bond donors (Lipinski definition) is 0. The number of ether oxygens (including phenoxy) is 4. The third-order valence-corrected chi connectivity index (χ3v) is 3.35. The number of rotatable bonds is 3. The molecule has 1 aliphatic rings. The summed E-state index contributed by atoms with van der Waals surface area (Å²) in [4.78, 5) is 0.0775. The summed E-state index contributed by atoms with van der Waals surface area (Å²) < 4.78 is 21.2. The molecular weight excluding hydrogens is 240 g/mol. The largest absolute Gasteiger partial charge is 0.351 e. The van der Waals surface area contributed by atoms with Gasteiger partial charge in [0, 0.05) is 21.3 Å². The smallest absolute Gasteiger partial charge is 0.233 e. The molecule has 0 unspecified atom stereocenters. The van der Waals surface area contributed by atoms with Gasteiger partial charge in [-0.05, 0) is 6.42 Å². The number of methoxy groups -OCH3 is 3. The Bertz CT molecular complexity index is 160. The van der Waals surface area contributed by atoms with Gasteiger partial charge in [0.2, 0.25) is 12.1 Å². The minimum absolute atomic E-state index is 0.0775. The molecule has 1 heterocycles. The predicted molar refractivity (Wildman–Crippen MR) is 50.8 cm³/mol. The van der Waals surface area contributed by atoms with E-state index >= 15 is 0 Å². The summed E-state index contributed by atoms with van der Waals surface area (Å²) >= 11 is 3.50. The third-order valence-electron chi connectivity index (χ3n) is 2.26. The van der Waals surface area contributed by atoms with Crippen LogP contribution in [0.4, 0.5) is 0 Å². The summed E-state index contributed by atoms with van der Waals surface area (Å²) in [7, 11) is 4.74. The molecule has 0 aromatic carbocycles. The van der Waals surface area contributed by atoms with Gasteiger partial charge in [-0.25, -0.2) is 0 Å². The molecule has 13 heavy (non-hydrogen) atoms. The maximum atomic E-state index is 5.39. The average Bonchev–Trinajstić information content (AvgIpc) is 2.18. The van der Waals surface area contributed by atoms with Gasteiger partial charge < -0.3 is 18.9 Å². The molecule has 2 atom stereocenters. The molecule has 0 N–H and O–H groups in total. The maximum absolute atomic E-state index is 5.39. The van der Waals surface area contributed by atoms with Crippen molar-refractivity contribution in [3.63, 3.8) is 0 Å². The van der Waals surface area contributed by atoms with Gasteiger partial charge in [-0.15, -0.1) is 0 Å². The topological polar surface area (TPSA) is 36.9 Å². The zero-order valence-corrected chi connectivity index (χ0v) is 9.67. The van der Waals surface area contributed by atoms with Gasteiger partial charge in [0.05, 0.1) is 11.4 Å². The lowest BCUT2D eigenvalue weighted by molar-refractivity contribution is -0.346. The van der Waals surface area contributed by atoms with Crippen LogP contribution in [-0.4, -0.2) is 44.8 Å². The maximum Gasteiger partial charge on any atom is 0.233 e. The van der Waals surface area contributed by atoms with Crippen LogP contribution < -0.4 is 0 Å². The zero-order valence-electron chi connectivity index (χ0n) is 8.08. The van der Waals surface area contributed by atoms with Gasteiger partial charge in [-0.1, -0.05) is 15.9 Å². The van der Waals surface area contributed by atoms with Gasteiger partial charge in [-0.3, -0.25) is 0 Å². The molecule has 0 saturated carbocycles. The summed E-state index contributed by atoms with van der Waals surface area (Å²) in [5, 5.41) is 0. The van der Waals surface area contributed by atoms with Crippen LogP contribution in [0.2, 0.25) is 0 Å². The van der Waals surface area contributed by atoms with E-state index in [2.05, 4.69) is 15.9 Å². The van der Waals surface area contributed by atoms with Gasteiger partial charge in [-0.2, -0.15) is 0 Å². The van der Waals surface area contributed by atoms with E-state index in [1.807, 2.05) is 0 Å². The fourth-order valence-electron chi connectivity index (χ4n) is 1.51. The van der Waals surface area contributed by atoms with Crippen LogP contribution in [0, 0.1) is 0 Å². The van der Waals surface area contributed by atoms with Crippen LogP contribution in [0.15, 0.2) is 0 Å². The molecule has 4 nitrogen and oxygen atoms in total. The second-order valence-corrected chi connectivity index (χ2v) is 3.93. The van der Waals surface area contributed by atoms with E-state index in [1.165, 1.54) is 0 Å². The molecule has 1 rings (SSSR count). The van der Waals surface area contributed by atoms with E-state index < -0.39 is 12.1 Å². The fraction of sp³-hybridized carbons (Fsp3) is 1.00. The van der Waals surface area contributed by atoms with Crippen LogP contribution in [0.25, 0.3) is 0 Å². The zero-order chi connectivity index (χ0) is 9.90. The number of halogens is 1. The number of alkyl halides is 1. The molecule has 1 aliphatic heterocycles. The molecule has 1 fully saturated rings. The molecule has 1 saturated heterocycles. The summed E-state index contributed by atoms with van der Waals surface area (Å²) in [5.74, 6) is -0.840. The van der Waals surface area contributed by atoms with Crippen molar-refractivity contribution in [1.29, 1.82) is 0 Å². The lowest BCUT2D eigenvalue weighted by Gasteiger charge is -2.43. The van der Waals surface area contributed by atoms with Gasteiger partial charge in [0.1, 0.15) is 0 Å². The Morgan fingerprint density at radius 3 is 2.31 bits per heavy atom. The SMILES string of the molecule is CO[C@H]1OCC[C@@H](Br)C1(OC)OC. The van der Waals surface area contributed by atoms with Crippen LogP contribution in [0.5, 0.6) is 0 Å². The Balaban J connectivity index is 2.81. The normalized spacial score (nSPS) is 33.2. The van der Waals surface area contributed by atoms with E-state index in [0.29, 0.717) is 6.61 Å². The van der Waals surface area contributed by atoms with Crippen molar-refractivity contribution in [2.45, 2.75) is 23.3 Å². The van der Waals surface area contributed by atoms with E-state index in [4.69, 9.17) is 18.9 Å². The molecule has 0 radical (unpaired) electrons. The average molecular weight is 255 g/mol. The van der Waals surface area contributed by atoms with E-state index in [-0.39, 0.29) is 4.83 Å². The standard InChI is InChI=1S/C8H15BrO4/c1-10-7-8(11-2,12-3)6(9)4-5-13-7/h6-7H,4-5H2,1-3H3/t6-,7+/m1/s1. The van der Waals surface area contributed by atoms with E-state index in [1.54, 1.807) is 21.3 Å². The lowest BCUT2D eigenvalue weighted by Crippen LogP contribution is -2.58. The first-order chi connectivity index (χ1) is 6.21. The molecule has 0 aromatic rings. The lowest BCUT2D eigenvalue weighted by atomic mass is 10.1. The monoisotopic (exact) mass is 254 g/mol. The van der Waals surface area contributed by atoms with Gasteiger partial charge >= 0.3 is 0 Å². The Kier molecular flexibility index (Phi) is 4.12. The first-order valence-electron chi connectivity index (χ1n) is 4.10. The first kappa shape index (κ1) is 11.4. The molecule has 0 amide bonds. The highest BCUT2D eigenvalue weighted by molar-refractivity contribution is 9.09. The Hall–Kier alpha value is 0.320. The van der Waals surface area contributed by atoms with E-state index in [0.717, 1.165) is 6.42 Å². The molecule has 78 valence electrons. The number of hydrogen-bond acceptors (Lipinski definition) is 4. The van der Waals surface area contributed by atoms with Crippen LogP contribution in [-0.2, 0) is 18.9 Å². The van der Waals surface area contributed by atoms with Crippen molar-refractivity contribution in [3.05, 3.63) is 0 Å². The summed E-state index contributed by atoms with van der Waals surface area (Å²) in [6.45, 7) is 0.642. The second kappa shape index (κ2) is 4.70. The van der Waals surface area contributed by atoms with Gasteiger partial charge in [0.15, 0.2) is 0 Å². The second-order valence-electron chi connectivity index (χ2n) is 2.82. The molecule has 0 aromatic heterocycles. The summed E-state index contributed by atoms with van der Waals surface area (Å²) in [6.07, 6.45) is 0.349. The Morgan fingerprint density at radius 2 is 1.92 bits per heavy atom. The fourth-order valence-corrected chi connectivity index (χ4v) is 2.28. The Morgan fingerprint density at radius 1 is 1.31 bits per heavy atom. The summed E-state index contributed by atoms with van der Waals surface area (Å²) in [6, 6.07) is 0. The van der Waals surface area contributed by atoms with Crippen LogP contribution in [0.1, 0.15) is 6.42 Å². The quantitative estimate of drug-likeness (QED) is 0.559. The predicted octanol–water partition coefficient (Wildman–Crippen LogP) is 1.13.